The summed E-state index contributed by atoms with van der Waals surface area (Å²) in [5, 5.41) is 16.5. The van der Waals surface area contributed by atoms with Gasteiger partial charge in [-0.15, -0.1) is 0 Å². The zero-order valence-corrected chi connectivity index (χ0v) is 15.3. The van der Waals surface area contributed by atoms with Gasteiger partial charge >= 0.3 is 105 Å². The van der Waals surface area contributed by atoms with Crippen molar-refractivity contribution in [1.82, 2.24) is 0 Å². The van der Waals surface area contributed by atoms with Crippen LogP contribution in [0, 0.1) is 0 Å². The molecule has 0 amide bonds. The number of hydrogen-bond acceptors (Lipinski definition) is 2. The molecule has 0 radical (unpaired) electrons. The molecule has 0 atom stereocenters. The second-order valence-electron chi connectivity index (χ2n) is 4.62. The maximum absolute atomic E-state index is 8.25. The first-order valence-corrected chi connectivity index (χ1v) is 8.88. The molecule has 0 fully saturated rings. The van der Waals surface area contributed by atoms with Gasteiger partial charge in [0.1, 0.15) is 0 Å². The van der Waals surface area contributed by atoms with Crippen molar-refractivity contribution in [2.24, 2.45) is 0 Å². The minimum absolute atomic E-state index is 0.507. The van der Waals surface area contributed by atoms with Gasteiger partial charge in [-0.3, -0.25) is 0 Å². The van der Waals surface area contributed by atoms with E-state index in [-0.39, 0.29) is 0 Å². The largest absolute Gasteiger partial charge is 0.857 e. The molecule has 0 saturated heterocycles. The Bertz CT molecular complexity index is 386. The molecule has 0 aromatic heterocycles. The third kappa shape index (κ3) is 4.98. The van der Waals surface area contributed by atoms with Crippen LogP contribution in [-0.2, 0) is 23.2 Å². The molecule has 0 bridgehead atoms. The van der Waals surface area contributed by atoms with Crippen LogP contribution in [0.25, 0.3) is 0 Å². The Morgan fingerprint density at radius 3 is 1.26 bits per heavy atom. The van der Waals surface area contributed by atoms with Crippen LogP contribution in [-0.4, -0.2) is 14.2 Å². The fourth-order valence-electron chi connectivity index (χ4n) is 2.23. The standard InChI is InChI=1S/2C7H9.2CH3O.Zr/c2*1-6-3-4-7(2)5-6;2*1-2;/h2*3H,4H2,1-2H3;2*1H3;/q;;2*-1;+2. The first kappa shape index (κ1) is 18.8. The van der Waals surface area contributed by atoms with E-state index in [9.17, 15) is 0 Å². The van der Waals surface area contributed by atoms with Crippen molar-refractivity contribution in [3.63, 3.8) is 0 Å². The van der Waals surface area contributed by atoms with Gasteiger partial charge in [0.05, 0.1) is 0 Å². The topological polar surface area (TPSA) is 46.1 Å². The van der Waals surface area contributed by atoms with Crippen LogP contribution in [0.5, 0.6) is 0 Å². The zero-order chi connectivity index (χ0) is 15.0. The van der Waals surface area contributed by atoms with Gasteiger partial charge < -0.3 is 10.2 Å². The third-order valence-electron chi connectivity index (χ3n) is 3.32. The molecule has 3 heteroatoms. The van der Waals surface area contributed by atoms with E-state index in [0.717, 1.165) is 14.2 Å². The summed E-state index contributed by atoms with van der Waals surface area (Å²) < 4.78 is 3.50. The van der Waals surface area contributed by atoms with Crippen LogP contribution in [0.15, 0.2) is 41.0 Å². The fraction of sp³-hybridized carbons (Fsp3) is 0.500. The second kappa shape index (κ2) is 9.63. The monoisotopic (exact) mass is 338 g/mol. The molecule has 0 saturated carbocycles. The summed E-state index contributed by atoms with van der Waals surface area (Å²) in [7, 11) is 1.50. The molecule has 2 aliphatic rings. The SMILES string of the molecule is CC1=CCC(C)=[C]1[Zr+2][C]1=C(C)CC=C1C.C[O-].C[O-]. The molecule has 0 unspecified atom stereocenters. The van der Waals surface area contributed by atoms with Gasteiger partial charge in [-0.05, 0) is 0 Å². The molecule has 0 heterocycles. The molecule has 2 aliphatic carbocycles. The molecular formula is C16H24O2Zr. The van der Waals surface area contributed by atoms with Gasteiger partial charge in [0.2, 0.25) is 0 Å². The molecule has 2 nitrogen and oxygen atoms in total. The zero-order valence-electron chi connectivity index (χ0n) is 12.9. The molecule has 19 heavy (non-hydrogen) atoms. The smallest absolute Gasteiger partial charge is 0.153 e. The van der Waals surface area contributed by atoms with E-state index in [2.05, 4.69) is 39.8 Å². The average Bonchev–Trinajstić information content (AvgIpc) is 2.93. The summed E-state index contributed by atoms with van der Waals surface area (Å²) >= 11 is -0.507. The number of rotatable bonds is 2. The minimum Gasteiger partial charge on any atom is -0.857 e. The van der Waals surface area contributed by atoms with Crippen molar-refractivity contribution < 1.29 is 33.4 Å². The summed E-state index contributed by atoms with van der Waals surface area (Å²) in [4.78, 5) is 0. The molecular weight excluding hydrogens is 315 g/mol. The normalized spacial score (nSPS) is 17.1. The van der Waals surface area contributed by atoms with Crippen LogP contribution in [0.1, 0.15) is 40.5 Å². The van der Waals surface area contributed by atoms with E-state index in [1.807, 2.05) is 0 Å². The van der Waals surface area contributed by atoms with Crippen molar-refractivity contribution in [3.8, 4) is 0 Å². The number of allylic oxidation sites excluding steroid dienone is 8. The van der Waals surface area contributed by atoms with Gasteiger partial charge in [0, 0.05) is 0 Å². The van der Waals surface area contributed by atoms with Crippen molar-refractivity contribution in [2.75, 3.05) is 14.2 Å². The Morgan fingerprint density at radius 2 is 1.05 bits per heavy atom. The summed E-state index contributed by atoms with van der Waals surface area (Å²) in [6.07, 6.45) is 7.21. The maximum atomic E-state index is 8.25. The van der Waals surface area contributed by atoms with Crippen molar-refractivity contribution in [1.29, 1.82) is 0 Å². The van der Waals surface area contributed by atoms with E-state index in [0.29, 0.717) is 0 Å². The van der Waals surface area contributed by atoms with Crippen LogP contribution in [0.3, 0.4) is 0 Å². The minimum atomic E-state index is -0.507. The summed E-state index contributed by atoms with van der Waals surface area (Å²) in [5.74, 6) is 0. The van der Waals surface area contributed by atoms with Crippen LogP contribution in [0.2, 0.25) is 0 Å². The van der Waals surface area contributed by atoms with Crippen LogP contribution in [0.4, 0.5) is 0 Å². The van der Waals surface area contributed by atoms with E-state index in [4.69, 9.17) is 10.2 Å². The van der Waals surface area contributed by atoms with Gasteiger partial charge in [0.15, 0.2) is 0 Å². The van der Waals surface area contributed by atoms with Crippen molar-refractivity contribution in [3.05, 3.63) is 41.0 Å². The number of hydrogen-bond donors (Lipinski definition) is 0. The van der Waals surface area contributed by atoms with Crippen molar-refractivity contribution >= 4 is 0 Å². The van der Waals surface area contributed by atoms with E-state index < -0.39 is 23.2 Å². The maximum Gasteiger partial charge on any atom is -0.153 e. The summed E-state index contributed by atoms with van der Waals surface area (Å²) in [6, 6.07) is 0. The van der Waals surface area contributed by atoms with Gasteiger partial charge in [-0.25, -0.2) is 0 Å². The Labute approximate surface area is 129 Å². The molecule has 0 aliphatic heterocycles. The second-order valence-corrected chi connectivity index (χ2v) is 7.69. The quantitative estimate of drug-likeness (QED) is 0.775. The van der Waals surface area contributed by atoms with E-state index in [1.54, 1.807) is 28.9 Å². The molecule has 0 aromatic carbocycles. The Morgan fingerprint density at radius 1 is 0.737 bits per heavy atom. The first-order chi connectivity index (χ1) is 9.09. The first-order valence-electron chi connectivity index (χ1n) is 6.42. The van der Waals surface area contributed by atoms with Crippen LogP contribution < -0.4 is 10.2 Å². The Kier molecular flexibility index (Phi) is 9.51. The van der Waals surface area contributed by atoms with Gasteiger partial charge in [-0.2, -0.15) is 14.2 Å². The predicted molar refractivity (Wildman–Crippen MR) is 74.0 cm³/mol. The summed E-state index contributed by atoms with van der Waals surface area (Å²) in [6.45, 7) is 9.20. The molecule has 2 rings (SSSR count). The Hall–Kier alpha value is -0.237. The van der Waals surface area contributed by atoms with Gasteiger partial charge in [-0.1, -0.05) is 0 Å². The van der Waals surface area contributed by atoms with E-state index >= 15 is 0 Å². The van der Waals surface area contributed by atoms with Crippen LogP contribution >= 0.6 is 0 Å². The third-order valence-corrected chi connectivity index (χ3v) is 8.59. The van der Waals surface area contributed by atoms with E-state index in [1.165, 1.54) is 12.8 Å². The molecule has 0 aromatic rings. The van der Waals surface area contributed by atoms with Crippen molar-refractivity contribution in [2.45, 2.75) is 40.5 Å². The predicted octanol–water partition coefficient (Wildman–Crippen LogP) is 2.27. The Balaban J connectivity index is 0.000000741. The molecule has 0 spiro atoms. The molecule has 0 N–H and O–H groups in total. The molecule has 104 valence electrons. The van der Waals surface area contributed by atoms with Gasteiger partial charge in [0.25, 0.3) is 0 Å². The fourth-order valence-corrected chi connectivity index (χ4v) is 5.87. The average molecular weight is 340 g/mol. The summed E-state index contributed by atoms with van der Waals surface area (Å²) in [5.41, 5.74) is 6.41.